The summed E-state index contributed by atoms with van der Waals surface area (Å²) in [7, 11) is 0. The molecule has 0 bridgehead atoms. The second-order valence-corrected chi connectivity index (χ2v) is 2.11. The fourth-order valence-electron chi connectivity index (χ4n) is 0.696. The van der Waals surface area contributed by atoms with Crippen LogP contribution >= 0.6 is 11.6 Å². The normalized spacial score (nSPS) is 24.1. The van der Waals surface area contributed by atoms with E-state index in [2.05, 4.69) is 9.47 Å². The van der Waals surface area contributed by atoms with E-state index in [1.165, 1.54) is 0 Å². The van der Waals surface area contributed by atoms with E-state index in [1.54, 1.807) is 0 Å². The molecule has 1 saturated heterocycles. The van der Waals surface area contributed by atoms with Crippen LogP contribution in [0.4, 0.5) is 4.79 Å². The molecule has 0 unspecified atom stereocenters. The fraction of sp³-hybridized carbons (Fsp3) is 0.600. The van der Waals surface area contributed by atoms with Crippen LogP contribution < -0.4 is 0 Å². The third kappa shape index (κ3) is 1.60. The Bertz CT molecular complexity index is 167. The Labute approximate surface area is 62.0 Å². The molecule has 5 heteroatoms. The number of esters is 1. The molecule has 10 heavy (non-hydrogen) atoms. The van der Waals surface area contributed by atoms with Gasteiger partial charge in [0.05, 0.1) is 6.61 Å². The average molecular weight is 165 g/mol. The van der Waals surface area contributed by atoms with E-state index < -0.39 is 17.5 Å². The number of cyclic esters (lactones) is 1. The van der Waals surface area contributed by atoms with Crippen molar-refractivity contribution in [2.45, 2.75) is 12.5 Å². The number of ether oxygens (including phenoxy) is 2. The van der Waals surface area contributed by atoms with E-state index in [1.807, 2.05) is 0 Å². The zero-order valence-corrected chi connectivity index (χ0v) is 5.76. The van der Waals surface area contributed by atoms with Crippen molar-refractivity contribution in [2.24, 2.45) is 0 Å². The standard InChI is InChI=1S/C5H5ClO4/c6-5(8)10-3-1-2-9-4(3)7/h3H,1-2H2/t3-/m1/s1. The molecule has 0 amide bonds. The van der Waals surface area contributed by atoms with E-state index in [-0.39, 0.29) is 0 Å². The average Bonchev–Trinajstić information content (AvgIpc) is 2.15. The third-order valence-electron chi connectivity index (χ3n) is 1.12. The molecule has 0 spiro atoms. The van der Waals surface area contributed by atoms with Crippen LogP contribution in [0.5, 0.6) is 0 Å². The van der Waals surface area contributed by atoms with Gasteiger partial charge in [0.25, 0.3) is 0 Å². The highest BCUT2D eigenvalue weighted by molar-refractivity contribution is 6.61. The van der Waals surface area contributed by atoms with Gasteiger partial charge in [-0.3, -0.25) is 0 Å². The van der Waals surface area contributed by atoms with Gasteiger partial charge >= 0.3 is 11.4 Å². The Morgan fingerprint density at radius 2 is 2.50 bits per heavy atom. The van der Waals surface area contributed by atoms with Gasteiger partial charge in [-0.05, 0) is 0 Å². The van der Waals surface area contributed by atoms with Crippen LogP contribution in [0.25, 0.3) is 0 Å². The molecule has 0 aliphatic carbocycles. The summed E-state index contributed by atoms with van der Waals surface area (Å²) in [4.78, 5) is 20.6. The smallest absolute Gasteiger partial charge is 0.404 e. The second-order valence-electron chi connectivity index (χ2n) is 1.80. The first-order valence-corrected chi connectivity index (χ1v) is 3.10. The molecular formula is C5H5ClO4. The van der Waals surface area contributed by atoms with Gasteiger partial charge < -0.3 is 9.47 Å². The maximum atomic E-state index is 10.6. The van der Waals surface area contributed by atoms with Crippen molar-refractivity contribution in [3.63, 3.8) is 0 Å². The van der Waals surface area contributed by atoms with E-state index in [4.69, 9.17) is 11.6 Å². The highest BCUT2D eigenvalue weighted by atomic mass is 35.5. The van der Waals surface area contributed by atoms with Crippen molar-refractivity contribution in [1.82, 2.24) is 0 Å². The third-order valence-corrected chi connectivity index (χ3v) is 1.21. The highest BCUT2D eigenvalue weighted by Crippen LogP contribution is 2.11. The Hall–Kier alpha value is -0.770. The fourth-order valence-corrected chi connectivity index (χ4v) is 0.804. The molecule has 0 aromatic rings. The summed E-state index contributed by atoms with van der Waals surface area (Å²) >= 11 is 4.85. The van der Waals surface area contributed by atoms with Crippen molar-refractivity contribution < 1.29 is 19.1 Å². The Morgan fingerprint density at radius 1 is 1.80 bits per heavy atom. The maximum absolute atomic E-state index is 10.6. The number of rotatable bonds is 1. The first kappa shape index (κ1) is 7.34. The predicted octanol–water partition coefficient (Wildman–Crippen LogP) is 0.677. The lowest BCUT2D eigenvalue weighted by Gasteiger charge is -2.01. The minimum absolute atomic E-state index is 0.299. The van der Waals surface area contributed by atoms with Gasteiger partial charge in [-0.15, -0.1) is 0 Å². The first-order valence-electron chi connectivity index (χ1n) is 2.73. The number of carbonyl (C=O) groups excluding carboxylic acids is 2. The maximum Gasteiger partial charge on any atom is 0.404 e. The lowest BCUT2D eigenvalue weighted by molar-refractivity contribution is -0.144. The van der Waals surface area contributed by atoms with Crippen LogP contribution in [-0.2, 0) is 14.3 Å². The Kier molecular flexibility index (Phi) is 2.11. The summed E-state index contributed by atoms with van der Waals surface area (Å²) < 4.78 is 8.87. The Balaban J connectivity index is 2.40. The van der Waals surface area contributed by atoms with Crippen LogP contribution in [0.15, 0.2) is 0 Å². The number of hydrogen-bond donors (Lipinski definition) is 0. The van der Waals surface area contributed by atoms with Gasteiger partial charge in [0, 0.05) is 18.0 Å². The number of carbonyl (C=O) groups is 2. The monoisotopic (exact) mass is 164 g/mol. The molecule has 1 rings (SSSR count). The van der Waals surface area contributed by atoms with E-state index in [0.717, 1.165) is 0 Å². The van der Waals surface area contributed by atoms with Crippen LogP contribution in [0.3, 0.4) is 0 Å². The molecule has 0 saturated carbocycles. The molecule has 0 N–H and O–H groups in total. The first-order chi connectivity index (χ1) is 4.70. The molecule has 1 fully saturated rings. The SMILES string of the molecule is O=C(Cl)O[C@@H]1CCOC1=O. The van der Waals surface area contributed by atoms with Gasteiger partial charge in [-0.1, -0.05) is 0 Å². The van der Waals surface area contributed by atoms with Crippen molar-refractivity contribution in [1.29, 1.82) is 0 Å². The Morgan fingerprint density at radius 3 is 2.90 bits per heavy atom. The summed E-state index contributed by atoms with van der Waals surface area (Å²) in [5.41, 5.74) is -0.969. The van der Waals surface area contributed by atoms with Gasteiger partial charge in [0.1, 0.15) is 0 Å². The van der Waals surface area contributed by atoms with Gasteiger partial charge in [0.15, 0.2) is 0 Å². The zero-order valence-electron chi connectivity index (χ0n) is 5.00. The largest absolute Gasteiger partial charge is 0.463 e. The molecule has 4 nitrogen and oxygen atoms in total. The summed E-state index contributed by atoms with van der Waals surface area (Å²) in [5, 5.41) is 0. The number of halogens is 1. The second kappa shape index (κ2) is 2.88. The van der Waals surface area contributed by atoms with Crippen molar-refractivity contribution in [2.75, 3.05) is 6.61 Å². The topological polar surface area (TPSA) is 52.6 Å². The van der Waals surface area contributed by atoms with Crippen molar-refractivity contribution >= 4 is 23.0 Å². The summed E-state index contributed by atoms with van der Waals surface area (Å²) in [5.74, 6) is -0.519. The van der Waals surface area contributed by atoms with Crippen molar-refractivity contribution in [3.05, 3.63) is 0 Å². The summed E-state index contributed by atoms with van der Waals surface area (Å²) in [6.07, 6.45) is -0.387. The molecule has 0 radical (unpaired) electrons. The van der Waals surface area contributed by atoms with Crippen molar-refractivity contribution in [3.8, 4) is 0 Å². The van der Waals surface area contributed by atoms with Gasteiger partial charge in [-0.25, -0.2) is 9.59 Å². The minimum atomic E-state index is -0.969. The summed E-state index contributed by atoms with van der Waals surface area (Å²) in [6.45, 7) is 0.299. The predicted molar refractivity (Wildman–Crippen MR) is 31.7 cm³/mol. The molecule has 1 aliphatic heterocycles. The molecule has 1 heterocycles. The molecular weight excluding hydrogens is 160 g/mol. The van der Waals surface area contributed by atoms with Crippen LogP contribution in [-0.4, -0.2) is 24.1 Å². The van der Waals surface area contributed by atoms with E-state index >= 15 is 0 Å². The van der Waals surface area contributed by atoms with Crippen LogP contribution in [0, 0.1) is 0 Å². The quantitative estimate of drug-likeness (QED) is 0.422. The van der Waals surface area contributed by atoms with Crippen LogP contribution in [0.2, 0.25) is 0 Å². The lowest BCUT2D eigenvalue weighted by Crippen LogP contribution is -2.19. The summed E-state index contributed by atoms with van der Waals surface area (Å²) in [6, 6.07) is 0. The lowest BCUT2D eigenvalue weighted by atomic mass is 10.3. The van der Waals surface area contributed by atoms with E-state index in [9.17, 15) is 9.59 Å². The highest BCUT2D eigenvalue weighted by Gasteiger charge is 2.29. The molecule has 56 valence electrons. The molecule has 1 atom stereocenters. The zero-order chi connectivity index (χ0) is 7.56. The molecule has 0 aromatic carbocycles. The van der Waals surface area contributed by atoms with Gasteiger partial charge in [-0.2, -0.15) is 0 Å². The number of hydrogen-bond acceptors (Lipinski definition) is 4. The van der Waals surface area contributed by atoms with Crippen LogP contribution in [0.1, 0.15) is 6.42 Å². The van der Waals surface area contributed by atoms with Gasteiger partial charge in [0.2, 0.25) is 6.10 Å². The molecule has 1 aliphatic rings. The minimum Gasteiger partial charge on any atom is -0.463 e. The van der Waals surface area contributed by atoms with E-state index in [0.29, 0.717) is 13.0 Å². The molecule has 0 aromatic heterocycles.